The van der Waals surface area contributed by atoms with Crippen molar-refractivity contribution in [3.05, 3.63) is 18.6 Å². The molecule has 2 heterocycles. The third kappa shape index (κ3) is 4.54. The van der Waals surface area contributed by atoms with Gasteiger partial charge >= 0.3 is 0 Å². The zero-order valence-corrected chi connectivity index (χ0v) is 17.4. The summed E-state index contributed by atoms with van der Waals surface area (Å²) in [7, 11) is -1.16. The molecule has 0 saturated heterocycles. The minimum absolute atomic E-state index is 0.0384. The highest BCUT2D eigenvalue weighted by molar-refractivity contribution is 7.91. The van der Waals surface area contributed by atoms with Gasteiger partial charge in [0.25, 0.3) is 0 Å². The maximum absolute atomic E-state index is 12.8. The second-order valence-electron chi connectivity index (χ2n) is 8.73. The largest absolute Gasteiger partial charge is 0.356 e. The van der Waals surface area contributed by atoms with Crippen LogP contribution in [0.4, 0.5) is 14.6 Å². The van der Waals surface area contributed by atoms with Crippen LogP contribution >= 0.6 is 0 Å². The molecule has 0 atom stereocenters. The SMILES string of the molecule is CN(c1ncnc2[nH]ccc12)C1CC(CS(=O)(=O)CC2CCC(C(F)F)CC2)C1. The molecule has 1 N–H and O–H groups in total. The maximum atomic E-state index is 12.8. The number of anilines is 1. The fourth-order valence-electron chi connectivity index (χ4n) is 4.86. The average Bonchev–Trinajstić information content (AvgIpc) is 3.12. The van der Waals surface area contributed by atoms with Crippen molar-refractivity contribution in [2.24, 2.45) is 17.8 Å². The van der Waals surface area contributed by atoms with Crippen molar-refractivity contribution in [2.45, 2.75) is 51.0 Å². The molecule has 0 aliphatic heterocycles. The summed E-state index contributed by atoms with van der Waals surface area (Å²) < 4.78 is 50.8. The lowest BCUT2D eigenvalue weighted by Crippen LogP contribution is -2.45. The second-order valence-corrected chi connectivity index (χ2v) is 10.9. The van der Waals surface area contributed by atoms with E-state index < -0.39 is 22.2 Å². The number of aromatic nitrogens is 3. The van der Waals surface area contributed by atoms with Gasteiger partial charge in [-0.15, -0.1) is 0 Å². The Kier molecular flexibility index (Phi) is 5.77. The Morgan fingerprint density at radius 2 is 1.83 bits per heavy atom. The topological polar surface area (TPSA) is 79.0 Å². The standard InChI is InChI=1S/C20H28F2N4O2S/c1-26(20-17-6-7-23-19(17)24-12-25-20)16-8-14(9-16)11-29(27,28)10-13-2-4-15(5-3-13)18(21)22/h6-7,12-16,18H,2-5,8-11H2,1H3,(H,23,24,25). The summed E-state index contributed by atoms with van der Waals surface area (Å²) >= 11 is 0. The van der Waals surface area contributed by atoms with Crippen molar-refractivity contribution in [3.63, 3.8) is 0 Å². The van der Waals surface area contributed by atoms with Crippen LogP contribution in [0.3, 0.4) is 0 Å². The minimum atomic E-state index is -3.16. The van der Waals surface area contributed by atoms with Crippen molar-refractivity contribution in [3.8, 4) is 0 Å². The zero-order chi connectivity index (χ0) is 20.6. The normalized spacial score (nSPS) is 27.9. The molecule has 0 unspecified atom stereocenters. The van der Waals surface area contributed by atoms with E-state index >= 15 is 0 Å². The Morgan fingerprint density at radius 1 is 1.14 bits per heavy atom. The van der Waals surface area contributed by atoms with Crippen molar-refractivity contribution in [2.75, 3.05) is 23.5 Å². The van der Waals surface area contributed by atoms with Crippen LogP contribution in [-0.2, 0) is 9.84 Å². The molecule has 2 aromatic heterocycles. The number of fused-ring (bicyclic) bond motifs is 1. The highest BCUT2D eigenvalue weighted by Crippen LogP contribution is 2.37. The summed E-state index contributed by atoms with van der Waals surface area (Å²) in [5, 5.41) is 0.963. The molecular weight excluding hydrogens is 398 g/mol. The molecule has 2 fully saturated rings. The molecule has 2 saturated carbocycles. The molecule has 0 spiro atoms. The lowest BCUT2D eigenvalue weighted by atomic mass is 9.81. The average molecular weight is 427 g/mol. The van der Waals surface area contributed by atoms with Crippen LogP contribution in [0, 0.1) is 17.8 Å². The van der Waals surface area contributed by atoms with E-state index in [9.17, 15) is 17.2 Å². The molecule has 2 aromatic rings. The van der Waals surface area contributed by atoms with Gasteiger partial charge in [-0.25, -0.2) is 27.2 Å². The predicted molar refractivity (Wildman–Crippen MR) is 109 cm³/mol. The van der Waals surface area contributed by atoms with Gasteiger partial charge in [0.05, 0.1) is 16.9 Å². The molecule has 2 aliphatic rings. The van der Waals surface area contributed by atoms with Gasteiger partial charge in [0.15, 0.2) is 9.84 Å². The third-order valence-electron chi connectivity index (χ3n) is 6.65. The van der Waals surface area contributed by atoms with Gasteiger partial charge in [-0.1, -0.05) is 0 Å². The number of hydrogen-bond acceptors (Lipinski definition) is 5. The number of sulfone groups is 1. The van der Waals surface area contributed by atoms with E-state index in [4.69, 9.17) is 0 Å². The summed E-state index contributed by atoms with van der Waals surface area (Å²) in [5.41, 5.74) is 0.793. The van der Waals surface area contributed by atoms with Crippen molar-refractivity contribution < 1.29 is 17.2 Å². The van der Waals surface area contributed by atoms with E-state index in [1.165, 1.54) is 6.33 Å². The summed E-state index contributed by atoms with van der Waals surface area (Å²) in [4.78, 5) is 13.8. The van der Waals surface area contributed by atoms with E-state index in [0.29, 0.717) is 25.7 Å². The van der Waals surface area contributed by atoms with Gasteiger partial charge in [-0.2, -0.15) is 0 Å². The number of nitrogens with one attached hydrogen (secondary N) is 1. The molecule has 9 heteroatoms. The van der Waals surface area contributed by atoms with E-state index in [1.54, 1.807) is 0 Å². The molecule has 0 bridgehead atoms. The van der Waals surface area contributed by atoms with Gasteiger partial charge in [-0.05, 0) is 56.4 Å². The lowest BCUT2D eigenvalue weighted by Gasteiger charge is -2.42. The molecule has 2 aliphatic carbocycles. The fourth-order valence-corrected chi connectivity index (χ4v) is 7.04. The van der Waals surface area contributed by atoms with Crippen molar-refractivity contribution in [1.82, 2.24) is 15.0 Å². The molecule has 4 rings (SSSR count). The lowest BCUT2D eigenvalue weighted by molar-refractivity contribution is 0.0486. The Labute approximate surface area is 170 Å². The highest BCUT2D eigenvalue weighted by Gasteiger charge is 2.37. The second kappa shape index (κ2) is 8.16. The summed E-state index contributed by atoms with van der Waals surface area (Å²) in [6.07, 6.45) is 4.83. The third-order valence-corrected chi connectivity index (χ3v) is 8.61. The van der Waals surface area contributed by atoms with Crippen LogP contribution in [0.15, 0.2) is 18.6 Å². The van der Waals surface area contributed by atoms with Crippen LogP contribution in [-0.4, -0.2) is 54.4 Å². The van der Waals surface area contributed by atoms with Gasteiger partial charge in [-0.3, -0.25) is 0 Å². The van der Waals surface area contributed by atoms with Crippen LogP contribution in [0.1, 0.15) is 38.5 Å². The number of alkyl halides is 2. The van der Waals surface area contributed by atoms with Gasteiger partial charge < -0.3 is 9.88 Å². The molecule has 0 radical (unpaired) electrons. The number of nitrogens with zero attached hydrogens (tertiary/aromatic N) is 3. The minimum Gasteiger partial charge on any atom is -0.356 e. The monoisotopic (exact) mass is 426 g/mol. The summed E-state index contributed by atoms with van der Waals surface area (Å²) in [5.74, 6) is 0.860. The number of H-pyrrole nitrogens is 1. The number of aromatic amines is 1. The Bertz CT molecular complexity index is 935. The first kappa shape index (κ1) is 20.5. The van der Waals surface area contributed by atoms with Crippen LogP contribution in [0.5, 0.6) is 0 Å². The molecular formula is C20H28F2N4O2S. The maximum Gasteiger partial charge on any atom is 0.241 e. The fraction of sp³-hybridized carbons (Fsp3) is 0.700. The zero-order valence-electron chi connectivity index (χ0n) is 16.6. The molecule has 0 aromatic carbocycles. The van der Waals surface area contributed by atoms with E-state index in [2.05, 4.69) is 19.9 Å². The van der Waals surface area contributed by atoms with Crippen LogP contribution in [0.2, 0.25) is 0 Å². The summed E-state index contributed by atoms with van der Waals surface area (Å²) in [6.45, 7) is 0. The Hall–Kier alpha value is -1.77. The van der Waals surface area contributed by atoms with E-state index in [-0.39, 0.29) is 29.4 Å². The Morgan fingerprint density at radius 3 is 2.52 bits per heavy atom. The molecule has 0 amide bonds. The van der Waals surface area contributed by atoms with Crippen molar-refractivity contribution >= 4 is 26.7 Å². The summed E-state index contributed by atoms with van der Waals surface area (Å²) in [6, 6.07) is 2.22. The number of hydrogen-bond donors (Lipinski definition) is 1. The van der Waals surface area contributed by atoms with Gasteiger partial charge in [0, 0.05) is 25.2 Å². The van der Waals surface area contributed by atoms with E-state index in [0.717, 1.165) is 29.7 Å². The van der Waals surface area contributed by atoms with Gasteiger partial charge in [0.1, 0.15) is 17.8 Å². The quantitative estimate of drug-likeness (QED) is 0.731. The van der Waals surface area contributed by atoms with E-state index in [1.807, 2.05) is 19.3 Å². The molecule has 6 nitrogen and oxygen atoms in total. The molecule has 29 heavy (non-hydrogen) atoms. The predicted octanol–water partition coefficient (Wildman–Crippen LogP) is 3.66. The smallest absolute Gasteiger partial charge is 0.241 e. The first-order chi connectivity index (χ1) is 13.8. The molecule has 160 valence electrons. The van der Waals surface area contributed by atoms with Gasteiger partial charge in [0.2, 0.25) is 6.43 Å². The van der Waals surface area contributed by atoms with Crippen molar-refractivity contribution in [1.29, 1.82) is 0 Å². The van der Waals surface area contributed by atoms with Crippen LogP contribution in [0.25, 0.3) is 11.0 Å². The van der Waals surface area contributed by atoms with Crippen LogP contribution < -0.4 is 4.90 Å². The number of halogens is 2. The first-order valence-electron chi connectivity index (χ1n) is 10.3. The number of rotatable bonds is 7. The highest BCUT2D eigenvalue weighted by atomic mass is 32.2. The first-order valence-corrected chi connectivity index (χ1v) is 12.1. The Balaban J connectivity index is 1.27.